The number of ether oxygens (including phenoxy) is 1. The minimum Gasteiger partial charge on any atom is -0.439 e. The second-order valence-electron chi connectivity index (χ2n) is 6.06. The number of pyridine rings is 2. The molecule has 0 unspecified atom stereocenters. The van der Waals surface area contributed by atoms with Gasteiger partial charge in [-0.1, -0.05) is 5.16 Å². The van der Waals surface area contributed by atoms with Crippen LogP contribution in [0.2, 0.25) is 0 Å². The Balaban J connectivity index is 1.38. The summed E-state index contributed by atoms with van der Waals surface area (Å²) in [5, 5.41) is 6.57. The van der Waals surface area contributed by atoms with Gasteiger partial charge in [0, 0.05) is 42.8 Å². The van der Waals surface area contributed by atoms with E-state index in [0.717, 1.165) is 11.1 Å². The van der Waals surface area contributed by atoms with Crippen LogP contribution in [-0.2, 0) is 6.54 Å². The molecule has 0 aliphatic heterocycles. The molecule has 29 heavy (non-hydrogen) atoms. The van der Waals surface area contributed by atoms with E-state index in [0.29, 0.717) is 17.4 Å². The van der Waals surface area contributed by atoms with E-state index in [-0.39, 0.29) is 24.0 Å². The first-order valence-electron chi connectivity index (χ1n) is 8.71. The summed E-state index contributed by atoms with van der Waals surface area (Å²) in [7, 11) is 0. The smallest absolute Gasteiger partial charge is 0.273 e. The highest BCUT2D eigenvalue weighted by Crippen LogP contribution is 2.21. The predicted molar refractivity (Wildman–Crippen MR) is 102 cm³/mol. The maximum Gasteiger partial charge on any atom is 0.273 e. The van der Waals surface area contributed by atoms with Crippen molar-refractivity contribution < 1.29 is 18.4 Å². The van der Waals surface area contributed by atoms with Crippen LogP contribution < -0.4 is 10.1 Å². The number of nitrogens with zero attached hydrogens (tertiary/aromatic N) is 3. The van der Waals surface area contributed by atoms with Crippen LogP contribution in [0.4, 0.5) is 4.39 Å². The van der Waals surface area contributed by atoms with E-state index >= 15 is 0 Å². The lowest BCUT2D eigenvalue weighted by Crippen LogP contribution is -2.23. The Bertz CT molecular complexity index is 1110. The third-order valence-electron chi connectivity index (χ3n) is 3.98. The highest BCUT2D eigenvalue weighted by Gasteiger charge is 2.13. The minimum atomic E-state index is -0.373. The first kappa shape index (κ1) is 18.3. The van der Waals surface area contributed by atoms with Crippen LogP contribution in [0.1, 0.15) is 16.1 Å². The van der Waals surface area contributed by atoms with Gasteiger partial charge >= 0.3 is 0 Å². The van der Waals surface area contributed by atoms with Gasteiger partial charge in [-0.05, 0) is 48.0 Å². The standard InChI is InChI=1S/C21H15FN4O3/c22-16-3-5-17(6-4-16)28-20-10-14(7-9-24-20)12-25-21(27)18-11-19(29-26-18)15-2-1-8-23-13-15/h1-11,13H,12H2,(H,25,27). The molecule has 3 aromatic heterocycles. The first-order valence-corrected chi connectivity index (χ1v) is 8.71. The molecular formula is C21H15FN4O3. The Labute approximate surface area is 165 Å². The maximum atomic E-state index is 13.0. The van der Waals surface area contributed by atoms with Crippen molar-refractivity contribution >= 4 is 5.91 Å². The molecule has 0 spiro atoms. The molecule has 4 aromatic rings. The summed E-state index contributed by atoms with van der Waals surface area (Å²) >= 11 is 0. The van der Waals surface area contributed by atoms with Crippen molar-refractivity contribution in [3.05, 3.63) is 90.3 Å². The molecule has 8 heteroatoms. The molecule has 0 bridgehead atoms. The molecule has 1 N–H and O–H groups in total. The summed E-state index contributed by atoms with van der Waals surface area (Å²) in [6, 6.07) is 14.2. The summed E-state index contributed by atoms with van der Waals surface area (Å²) in [6.45, 7) is 0.246. The van der Waals surface area contributed by atoms with Gasteiger partial charge in [-0.15, -0.1) is 0 Å². The number of aromatic nitrogens is 3. The van der Waals surface area contributed by atoms with E-state index < -0.39 is 0 Å². The summed E-state index contributed by atoms with van der Waals surface area (Å²) in [5.41, 5.74) is 1.68. The SMILES string of the molecule is O=C(NCc1ccnc(Oc2ccc(F)cc2)c1)c1cc(-c2cccnc2)on1. The molecule has 1 amide bonds. The third-order valence-corrected chi connectivity index (χ3v) is 3.98. The van der Waals surface area contributed by atoms with Crippen LogP contribution in [0, 0.1) is 5.82 Å². The number of halogens is 1. The Hall–Kier alpha value is -4.07. The summed E-state index contributed by atoms with van der Waals surface area (Å²) in [5.74, 6) is 0.541. The molecule has 0 aliphatic carbocycles. The average Bonchev–Trinajstić information content (AvgIpc) is 3.25. The topological polar surface area (TPSA) is 90.1 Å². The van der Waals surface area contributed by atoms with Gasteiger partial charge in [-0.25, -0.2) is 9.37 Å². The zero-order valence-electron chi connectivity index (χ0n) is 15.1. The zero-order valence-corrected chi connectivity index (χ0v) is 15.1. The van der Waals surface area contributed by atoms with E-state index in [1.165, 1.54) is 24.3 Å². The van der Waals surface area contributed by atoms with Gasteiger partial charge in [-0.2, -0.15) is 0 Å². The average molecular weight is 390 g/mol. The van der Waals surface area contributed by atoms with E-state index in [1.54, 1.807) is 42.9 Å². The molecule has 7 nitrogen and oxygen atoms in total. The molecule has 0 radical (unpaired) electrons. The number of hydrogen-bond acceptors (Lipinski definition) is 6. The van der Waals surface area contributed by atoms with Gasteiger partial charge in [0.15, 0.2) is 11.5 Å². The Morgan fingerprint density at radius 3 is 2.76 bits per heavy atom. The van der Waals surface area contributed by atoms with Gasteiger partial charge < -0.3 is 14.6 Å². The lowest BCUT2D eigenvalue weighted by atomic mass is 10.2. The Morgan fingerprint density at radius 1 is 1.10 bits per heavy atom. The quantitative estimate of drug-likeness (QED) is 0.535. The van der Waals surface area contributed by atoms with Crippen molar-refractivity contribution in [1.82, 2.24) is 20.4 Å². The fourth-order valence-corrected chi connectivity index (χ4v) is 2.54. The molecule has 0 fully saturated rings. The van der Waals surface area contributed by atoms with E-state index in [2.05, 4.69) is 20.4 Å². The predicted octanol–water partition coefficient (Wildman–Crippen LogP) is 3.99. The molecule has 3 heterocycles. The number of nitrogens with one attached hydrogen (secondary N) is 1. The number of carbonyl (C=O) groups excluding carboxylic acids is 1. The molecular weight excluding hydrogens is 375 g/mol. The Morgan fingerprint density at radius 2 is 1.97 bits per heavy atom. The Kier molecular flexibility index (Phi) is 5.24. The minimum absolute atomic E-state index is 0.167. The van der Waals surface area contributed by atoms with Crippen molar-refractivity contribution in [2.24, 2.45) is 0 Å². The molecule has 144 valence electrons. The fraction of sp³-hybridized carbons (Fsp3) is 0.0476. The lowest BCUT2D eigenvalue weighted by Gasteiger charge is -2.07. The van der Waals surface area contributed by atoms with Gasteiger partial charge in [0.25, 0.3) is 5.91 Å². The van der Waals surface area contributed by atoms with Crippen molar-refractivity contribution in [3.63, 3.8) is 0 Å². The van der Waals surface area contributed by atoms with E-state index in [4.69, 9.17) is 9.26 Å². The third kappa shape index (κ3) is 4.62. The highest BCUT2D eigenvalue weighted by atomic mass is 19.1. The second-order valence-corrected chi connectivity index (χ2v) is 6.06. The summed E-state index contributed by atoms with van der Waals surface area (Å²) in [6.07, 6.45) is 4.84. The van der Waals surface area contributed by atoms with Gasteiger partial charge in [0.1, 0.15) is 11.6 Å². The molecule has 0 saturated heterocycles. The van der Waals surface area contributed by atoms with E-state index in [1.807, 2.05) is 6.07 Å². The van der Waals surface area contributed by atoms with Gasteiger partial charge in [0.05, 0.1) is 0 Å². The number of hydrogen-bond donors (Lipinski definition) is 1. The van der Waals surface area contributed by atoms with Crippen LogP contribution in [0.25, 0.3) is 11.3 Å². The van der Waals surface area contributed by atoms with Crippen LogP contribution in [0.5, 0.6) is 11.6 Å². The molecule has 4 rings (SSSR count). The van der Waals surface area contributed by atoms with Gasteiger partial charge in [-0.3, -0.25) is 9.78 Å². The number of rotatable bonds is 6. The number of benzene rings is 1. The van der Waals surface area contributed by atoms with Crippen molar-refractivity contribution in [1.29, 1.82) is 0 Å². The lowest BCUT2D eigenvalue weighted by molar-refractivity contribution is 0.0942. The zero-order chi connectivity index (χ0) is 20.1. The highest BCUT2D eigenvalue weighted by molar-refractivity contribution is 5.93. The molecule has 1 aromatic carbocycles. The van der Waals surface area contributed by atoms with Crippen LogP contribution in [0.3, 0.4) is 0 Å². The maximum absolute atomic E-state index is 13.0. The molecule has 0 aliphatic rings. The van der Waals surface area contributed by atoms with Crippen molar-refractivity contribution in [3.8, 4) is 23.0 Å². The van der Waals surface area contributed by atoms with Crippen LogP contribution in [0.15, 0.2) is 77.7 Å². The van der Waals surface area contributed by atoms with Crippen molar-refractivity contribution in [2.45, 2.75) is 6.54 Å². The molecule has 0 atom stereocenters. The largest absolute Gasteiger partial charge is 0.439 e. The summed E-state index contributed by atoms with van der Waals surface area (Å²) in [4.78, 5) is 20.5. The first-order chi connectivity index (χ1) is 14.2. The monoisotopic (exact) mass is 390 g/mol. The fourth-order valence-electron chi connectivity index (χ4n) is 2.54. The van der Waals surface area contributed by atoms with Crippen molar-refractivity contribution in [2.75, 3.05) is 0 Å². The molecule has 0 saturated carbocycles. The normalized spacial score (nSPS) is 10.5. The van der Waals surface area contributed by atoms with Crippen LogP contribution in [-0.4, -0.2) is 21.0 Å². The van der Waals surface area contributed by atoms with E-state index in [9.17, 15) is 9.18 Å². The number of amides is 1. The van der Waals surface area contributed by atoms with Gasteiger partial charge in [0.2, 0.25) is 5.88 Å². The summed E-state index contributed by atoms with van der Waals surface area (Å²) < 4.78 is 23.8. The van der Waals surface area contributed by atoms with Crippen LogP contribution >= 0.6 is 0 Å². The second kappa shape index (κ2) is 8.30. The number of carbonyl (C=O) groups is 1.